The largest absolute Gasteiger partial charge is 0.352 e. The van der Waals surface area contributed by atoms with E-state index in [9.17, 15) is 9.59 Å². The van der Waals surface area contributed by atoms with Crippen LogP contribution in [0.15, 0.2) is 53.4 Å². The summed E-state index contributed by atoms with van der Waals surface area (Å²) in [7, 11) is 0. The maximum Gasteiger partial charge on any atom is 0.242 e. The third-order valence-electron chi connectivity index (χ3n) is 6.16. The Morgan fingerprint density at radius 2 is 1.75 bits per heavy atom. The van der Waals surface area contributed by atoms with E-state index < -0.39 is 6.04 Å². The molecule has 5 heteroatoms. The number of aryl methyl sites for hydroxylation is 2. The van der Waals surface area contributed by atoms with Gasteiger partial charge in [-0.3, -0.25) is 9.59 Å². The number of carbonyl (C=O) groups excluding carboxylic acids is 2. The lowest BCUT2D eigenvalue weighted by Gasteiger charge is -2.31. The Morgan fingerprint density at radius 3 is 2.44 bits per heavy atom. The number of nitrogens with zero attached hydrogens (tertiary/aromatic N) is 1. The van der Waals surface area contributed by atoms with Crippen LogP contribution in [0.25, 0.3) is 0 Å². The number of hydrogen-bond acceptors (Lipinski definition) is 3. The molecule has 172 valence electrons. The summed E-state index contributed by atoms with van der Waals surface area (Å²) in [5, 5.41) is 3.20. The smallest absolute Gasteiger partial charge is 0.242 e. The van der Waals surface area contributed by atoms with Crippen molar-refractivity contribution >= 4 is 23.6 Å². The summed E-state index contributed by atoms with van der Waals surface area (Å²) in [6, 6.07) is 16.3. The van der Waals surface area contributed by atoms with E-state index in [1.165, 1.54) is 24.8 Å². The second-order valence-electron chi connectivity index (χ2n) is 8.94. The van der Waals surface area contributed by atoms with Crippen LogP contribution in [0.4, 0.5) is 0 Å². The fourth-order valence-corrected chi connectivity index (χ4v) is 5.03. The molecule has 1 aliphatic carbocycles. The molecule has 0 heterocycles. The van der Waals surface area contributed by atoms with Crippen LogP contribution in [0.5, 0.6) is 0 Å². The van der Waals surface area contributed by atoms with Crippen molar-refractivity contribution in [1.29, 1.82) is 0 Å². The highest BCUT2D eigenvalue weighted by Gasteiger charge is 2.27. The summed E-state index contributed by atoms with van der Waals surface area (Å²) in [4.78, 5) is 29.2. The molecular formula is C27H36N2O2S. The SMILES string of the molecule is Cc1ccc(SCCC(=O)N(Cc2cccc(C)c2)C(C)C(=O)NC2CCCCC2)cc1. The number of carbonyl (C=O) groups is 2. The zero-order valence-corrected chi connectivity index (χ0v) is 20.4. The van der Waals surface area contributed by atoms with E-state index in [2.05, 4.69) is 42.6 Å². The lowest BCUT2D eigenvalue weighted by molar-refractivity contribution is -0.140. The first-order valence-corrected chi connectivity index (χ1v) is 12.8. The van der Waals surface area contributed by atoms with Crippen LogP contribution < -0.4 is 5.32 Å². The van der Waals surface area contributed by atoms with Crippen LogP contribution in [0.1, 0.15) is 62.1 Å². The lowest BCUT2D eigenvalue weighted by atomic mass is 9.95. The molecule has 0 aromatic heterocycles. The van der Waals surface area contributed by atoms with Gasteiger partial charge in [-0.05, 0) is 51.3 Å². The van der Waals surface area contributed by atoms with Crippen molar-refractivity contribution in [2.75, 3.05) is 5.75 Å². The summed E-state index contributed by atoms with van der Waals surface area (Å²) in [5.41, 5.74) is 3.44. The van der Waals surface area contributed by atoms with E-state index >= 15 is 0 Å². The first-order chi connectivity index (χ1) is 15.4. The first kappa shape index (κ1) is 24.4. The van der Waals surface area contributed by atoms with Crippen molar-refractivity contribution in [3.05, 3.63) is 65.2 Å². The lowest BCUT2D eigenvalue weighted by Crippen LogP contribution is -2.50. The van der Waals surface area contributed by atoms with Gasteiger partial charge in [0.2, 0.25) is 11.8 Å². The number of nitrogens with one attached hydrogen (secondary N) is 1. The number of rotatable bonds is 9. The zero-order chi connectivity index (χ0) is 22.9. The highest BCUT2D eigenvalue weighted by Crippen LogP contribution is 2.21. The Balaban J connectivity index is 1.64. The van der Waals surface area contributed by atoms with E-state index in [1.807, 2.05) is 32.0 Å². The minimum Gasteiger partial charge on any atom is -0.352 e. The van der Waals surface area contributed by atoms with E-state index in [1.54, 1.807) is 16.7 Å². The molecule has 4 nitrogen and oxygen atoms in total. The molecule has 0 saturated heterocycles. The predicted octanol–water partition coefficient (Wildman–Crippen LogP) is 5.65. The summed E-state index contributed by atoms with van der Waals surface area (Å²) in [5.74, 6) is 0.685. The molecule has 2 aromatic rings. The number of thioether (sulfide) groups is 1. The monoisotopic (exact) mass is 452 g/mol. The van der Waals surface area contributed by atoms with Crippen molar-refractivity contribution in [2.45, 2.75) is 82.8 Å². The molecule has 0 spiro atoms. The predicted molar refractivity (Wildman–Crippen MR) is 133 cm³/mol. The summed E-state index contributed by atoms with van der Waals surface area (Å²) in [6.07, 6.45) is 6.07. The molecule has 32 heavy (non-hydrogen) atoms. The third kappa shape index (κ3) is 7.40. The fraction of sp³-hybridized carbons (Fsp3) is 0.481. The normalized spacial score (nSPS) is 15.2. The molecule has 0 radical (unpaired) electrons. The fourth-order valence-electron chi connectivity index (χ4n) is 4.19. The van der Waals surface area contributed by atoms with Crippen LogP contribution in [-0.2, 0) is 16.1 Å². The summed E-state index contributed by atoms with van der Waals surface area (Å²) < 4.78 is 0. The number of hydrogen-bond donors (Lipinski definition) is 1. The molecule has 1 unspecified atom stereocenters. The summed E-state index contributed by atoms with van der Waals surface area (Å²) in [6.45, 7) is 6.43. The molecule has 0 bridgehead atoms. The molecule has 1 fully saturated rings. The topological polar surface area (TPSA) is 49.4 Å². The first-order valence-electron chi connectivity index (χ1n) is 11.8. The van der Waals surface area contributed by atoms with Crippen LogP contribution in [0.3, 0.4) is 0 Å². The van der Waals surface area contributed by atoms with Gasteiger partial charge in [-0.1, -0.05) is 66.8 Å². The maximum absolute atomic E-state index is 13.2. The molecule has 2 aromatic carbocycles. The average molecular weight is 453 g/mol. The van der Waals surface area contributed by atoms with Crippen molar-refractivity contribution in [3.8, 4) is 0 Å². The van der Waals surface area contributed by atoms with Gasteiger partial charge in [0.15, 0.2) is 0 Å². The van der Waals surface area contributed by atoms with Gasteiger partial charge in [-0.15, -0.1) is 11.8 Å². The molecule has 1 aliphatic rings. The van der Waals surface area contributed by atoms with Crippen LogP contribution in [-0.4, -0.2) is 34.6 Å². The van der Waals surface area contributed by atoms with Gasteiger partial charge < -0.3 is 10.2 Å². The van der Waals surface area contributed by atoms with Crippen molar-refractivity contribution < 1.29 is 9.59 Å². The van der Waals surface area contributed by atoms with Gasteiger partial charge in [0.05, 0.1) is 0 Å². The Labute approximate surface area is 197 Å². The van der Waals surface area contributed by atoms with Crippen LogP contribution in [0.2, 0.25) is 0 Å². The highest BCUT2D eigenvalue weighted by molar-refractivity contribution is 7.99. The van der Waals surface area contributed by atoms with Crippen LogP contribution in [0, 0.1) is 13.8 Å². The Bertz CT molecular complexity index is 891. The molecule has 3 rings (SSSR count). The molecular weight excluding hydrogens is 416 g/mol. The van der Waals surface area contributed by atoms with Crippen LogP contribution >= 0.6 is 11.8 Å². The second-order valence-corrected chi connectivity index (χ2v) is 10.1. The van der Waals surface area contributed by atoms with E-state index in [4.69, 9.17) is 0 Å². The Morgan fingerprint density at radius 1 is 1.03 bits per heavy atom. The maximum atomic E-state index is 13.2. The Kier molecular flexibility index (Phi) is 9.22. The molecule has 2 amide bonds. The average Bonchev–Trinajstić information content (AvgIpc) is 2.79. The minimum atomic E-state index is -0.491. The minimum absolute atomic E-state index is 0.0254. The van der Waals surface area contributed by atoms with Gasteiger partial charge in [-0.2, -0.15) is 0 Å². The van der Waals surface area contributed by atoms with Gasteiger partial charge in [0.25, 0.3) is 0 Å². The Hall–Kier alpha value is -2.27. The van der Waals surface area contributed by atoms with Crippen molar-refractivity contribution in [3.63, 3.8) is 0 Å². The van der Waals surface area contributed by atoms with Crippen molar-refractivity contribution in [1.82, 2.24) is 10.2 Å². The molecule has 1 N–H and O–H groups in total. The van der Waals surface area contributed by atoms with Gasteiger partial charge in [-0.25, -0.2) is 0 Å². The van der Waals surface area contributed by atoms with E-state index in [-0.39, 0.29) is 17.9 Å². The summed E-state index contributed by atoms with van der Waals surface area (Å²) >= 11 is 1.68. The number of benzene rings is 2. The van der Waals surface area contributed by atoms with E-state index in [0.29, 0.717) is 18.7 Å². The van der Waals surface area contributed by atoms with Gasteiger partial charge in [0, 0.05) is 29.7 Å². The highest BCUT2D eigenvalue weighted by atomic mass is 32.2. The standard InChI is InChI=1S/C27H36N2O2S/c1-20-12-14-25(15-13-20)32-17-16-26(30)29(19-23-9-7-8-21(2)18-23)22(3)27(31)28-24-10-5-4-6-11-24/h7-9,12-15,18,22,24H,4-6,10-11,16-17,19H2,1-3H3,(H,28,31). The molecule has 1 atom stereocenters. The zero-order valence-electron chi connectivity index (χ0n) is 19.6. The second kappa shape index (κ2) is 12.1. The third-order valence-corrected chi connectivity index (χ3v) is 7.17. The van der Waals surface area contributed by atoms with Gasteiger partial charge >= 0.3 is 0 Å². The molecule has 0 aliphatic heterocycles. The molecule has 1 saturated carbocycles. The van der Waals surface area contributed by atoms with Gasteiger partial charge in [0.1, 0.15) is 6.04 Å². The number of amides is 2. The van der Waals surface area contributed by atoms with E-state index in [0.717, 1.165) is 28.9 Å². The quantitative estimate of drug-likeness (QED) is 0.500. The van der Waals surface area contributed by atoms with Crippen molar-refractivity contribution in [2.24, 2.45) is 0 Å².